The van der Waals surface area contributed by atoms with Crippen LogP contribution in [0.1, 0.15) is 168 Å². The van der Waals surface area contributed by atoms with Crippen LogP contribution < -0.4 is 11.4 Å². The summed E-state index contributed by atoms with van der Waals surface area (Å²) in [5.41, 5.74) is 4.75. The Kier molecular flexibility index (Phi) is 28.3. The first kappa shape index (κ1) is 61.4. The number of aliphatic hydroxyl groups excluding tert-OH is 4. The van der Waals surface area contributed by atoms with Crippen molar-refractivity contribution in [2.24, 2.45) is 17.8 Å². The van der Waals surface area contributed by atoms with Crippen molar-refractivity contribution in [1.82, 2.24) is 9.55 Å². The van der Waals surface area contributed by atoms with Crippen molar-refractivity contribution in [3.63, 3.8) is 0 Å². The number of Topliss-reactive ketones (excluding diaryl/α,β-unsaturated/α-hetero) is 1. The van der Waals surface area contributed by atoms with Gasteiger partial charge in [0.25, 0.3) is 0 Å². The lowest BCUT2D eigenvalue weighted by Gasteiger charge is -2.38. The summed E-state index contributed by atoms with van der Waals surface area (Å²) in [6.45, 7) is 3.74. The lowest BCUT2D eigenvalue weighted by Crippen LogP contribution is -2.51. The minimum atomic E-state index is -5.71. The van der Waals surface area contributed by atoms with Crippen LogP contribution in [0.15, 0.2) is 29.2 Å². The van der Waals surface area contributed by atoms with E-state index in [1.807, 2.05) is 6.92 Å². The number of esters is 2. The number of ether oxygens (including phenoxy) is 3. The molecular formula is C47H81N3O18P2. The van der Waals surface area contributed by atoms with Crippen LogP contribution in [-0.2, 0) is 51.1 Å². The Morgan fingerprint density at radius 2 is 1.53 bits per heavy atom. The van der Waals surface area contributed by atoms with Crippen LogP contribution in [0.5, 0.6) is 0 Å². The highest BCUT2D eigenvalue weighted by Gasteiger charge is 2.45. The minimum absolute atomic E-state index is 0.00131. The highest BCUT2D eigenvalue weighted by atomic mass is 31.3. The third kappa shape index (κ3) is 23.3. The highest BCUT2D eigenvalue weighted by molar-refractivity contribution is 7.61. The van der Waals surface area contributed by atoms with Gasteiger partial charge in [-0.15, -0.1) is 0 Å². The lowest BCUT2D eigenvalue weighted by molar-refractivity contribution is -0.184. The second-order valence-corrected chi connectivity index (χ2v) is 21.7. The number of anilines is 1. The van der Waals surface area contributed by atoms with Gasteiger partial charge in [0.15, 0.2) is 6.10 Å². The first-order valence-corrected chi connectivity index (χ1v) is 28.2. The van der Waals surface area contributed by atoms with E-state index in [-0.39, 0.29) is 25.1 Å². The zero-order valence-corrected chi connectivity index (χ0v) is 43.0. The maximum atomic E-state index is 14.3. The SMILES string of the molecule is CCCCC[C@H](O)/C=C/[C@@H]1[C@H](O)[C@H](O)[C@H]2COP(=O)(O)OP(=O)(O)OC[C@H](OC(=O)CCCCCCCCCCC(C)CC)COC(=O)CCCCCC[C@@H](C(=O)C[C@H]1O)[C@H](n1ccc(N)nc1=O)O2. The van der Waals surface area contributed by atoms with E-state index in [2.05, 4.69) is 23.1 Å². The van der Waals surface area contributed by atoms with Crippen molar-refractivity contribution in [3.8, 4) is 0 Å². The van der Waals surface area contributed by atoms with Crippen molar-refractivity contribution < 1.29 is 81.3 Å². The topological polar surface area (TPSA) is 323 Å². The number of phosphoric acid groups is 2. The highest BCUT2D eigenvalue weighted by Crippen LogP contribution is 2.60. The Balaban J connectivity index is 1.86. The molecule has 0 aliphatic carbocycles. The Hall–Kier alpha value is -2.91. The van der Waals surface area contributed by atoms with Gasteiger partial charge < -0.3 is 50.2 Å². The number of rotatable bonds is 20. The Labute approximate surface area is 412 Å². The van der Waals surface area contributed by atoms with E-state index in [0.29, 0.717) is 44.9 Å². The maximum absolute atomic E-state index is 14.3. The van der Waals surface area contributed by atoms with Gasteiger partial charge in [-0.2, -0.15) is 9.29 Å². The summed E-state index contributed by atoms with van der Waals surface area (Å²) in [6.07, 6.45) is 5.72. The van der Waals surface area contributed by atoms with E-state index in [9.17, 15) is 58.5 Å². The number of hydrogen-bond acceptors (Lipinski definition) is 18. The van der Waals surface area contributed by atoms with Crippen LogP contribution in [0.4, 0.5) is 5.82 Å². The quantitative estimate of drug-likeness (QED) is 0.0317. The molecule has 2 aliphatic rings. The summed E-state index contributed by atoms with van der Waals surface area (Å²) in [5.74, 6) is -4.19. The molecule has 70 heavy (non-hydrogen) atoms. The summed E-state index contributed by atoms with van der Waals surface area (Å²) < 4.78 is 58.9. The normalized spacial score (nSPS) is 30.5. The van der Waals surface area contributed by atoms with Gasteiger partial charge in [0, 0.05) is 31.4 Å². The number of cyclic esters (lactones) is 1. The van der Waals surface area contributed by atoms with E-state index >= 15 is 0 Å². The van der Waals surface area contributed by atoms with Crippen LogP contribution >= 0.6 is 15.6 Å². The molecule has 3 unspecified atom stereocenters. The zero-order chi connectivity index (χ0) is 51.7. The molecule has 2 aliphatic heterocycles. The number of hydrogen-bond donors (Lipinski definition) is 7. The number of nitrogen functional groups attached to an aromatic ring is 1. The molecule has 12 atom stereocenters. The fourth-order valence-electron chi connectivity index (χ4n) is 8.36. The van der Waals surface area contributed by atoms with Gasteiger partial charge in [-0.25, -0.2) is 13.9 Å². The van der Waals surface area contributed by atoms with Gasteiger partial charge in [-0.1, -0.05) is 129 Å². The van der Waals surface area contributed by atoms with Gasteiger partial charge in [-0.3, -0.25) is 28.0 Å². The van der Waals surface area contributed by atoms with Crippen LogP contribution in [0, 0.1) is 17.8 Å². The molecule has 0 amide bonds. The van der Waals surface area contributed by atoms with Gasteiger partial charge >= 0.3 is 33.3 Å². The molecule has 2 saturated heterocycles. The zero-order valence-electron chi connectivity index (χ0n) is 41.2. The molecule has 0 saturated carbocycles. The van der Waals surface area contributed by atoms with Crippen molar-refractivity contribution in [2.75, 3.05) is 25.6 Å². The molecule has 2 fully saturated rings. The number of ketones is 1. The third-order valence-corrected chi connectivity index (χ3v) is 15.4. The molecule has 2 bridgehead atoms. The fraction of sp³-hybridized carbons (Fsp3) is 0.809. The molecule has 0 aromatic carbocycles. The van der Waals surface area contributed by atoms with Crippen molar-refractivity contribution in [2.45, 2.75) is 205 Å². The first-order valence-electron chi connectivity index (χ1n) is 25.2. The van der Waals surface area contributed by atoms with Crippen molar-refractivity contribution >= 4 is 39.2 Å². The van der Waals surface area contributed by atoms with E-state index in [0.717, 1.165) is 55.4 Å². The minimum Gasteiger partial charge on any atom is -0.462 e. The van der Waals surface area contributed by atoms with E-state index in [4.69, 9.17) is 29.0 Å². The molecule has 23 heteroatoms. The Morgan fingerprint density at radius 1 is 0.886 bits per heavy atom. The summed E-state index contributed by atoms with van der Waals surface area (Å²) in [7, 11) is -11.3. The third-order valence-electron chi connectivity index (χ3n) is 12.8. The van der Waals surface area contributed by atoms with Crippen LogP contribution in [0.25, 0.3) is 0 Å². The smallest absolute Gasteiger partial charge is 0.462 e. The number of carbonyl (C=O) groups excluding carboxylic acids is 3. The van der Waals surface area contributed by atoms with Gasteiger partial charge in [0.1, 0.15) is 36.6 Å². The number of carbonyl (C=O) groups is 3. The number of nitrogens with zero attached hydrogens (tertiary/aromatic N) is 2. The molecule has 3 rings (SSSR count). The van der Waals surface area contributed by atoms with E-state index in [1.54, 1.807) is 0 Å². The van der Waals surface area contributed by atoms with E-state index in [1.165, 1.54) is 50.1 Å². The van der Waals surface area contributed by atoms with Crippen LogP contribution in [0.3, 0.4) is 0 Å². The number of unbranched alkanes of at least 4 members (excludes halogenated alkanes) is 9. The predicted molar refractivity (Wildman–Crippen MR) is 258 cm³/mol. The number of aliphatic hydroxyl groups is 4. The lowest BCUT2D eigenvalue weighted by atomic mass is 9.83. The summed E-state index contributed by atoms with van der Waals surface area (Å²) >= 11 is 0. The molecule has 1 aromatic heterocycles. The summed E-state index contributed by atoms with van der Waals surface area (Å²) in [6, 6.07) is 1.23. The average Bonchev–Trinajstić information content (AvgIpc) is 3.29. The predicted octanol–water partition coefficient (Wildman–Crippen LogP) is 6.50. The monoisotopic (exact) mass is 1040 g/mol. The first-order chi connectivity index (χ1) is 33.3. The molecule has 402 valence electrons. The van der Waals surface area contributed by atoms with Gasteiger partial charge in [0.2, 0.25) is 0 Å². The van der Waals surface area contributed by atoms with Crippen LogP contribution in [0.2, 0.25) is 0 Å². The van der Waals surface area contributed by atoms with Gasteiger partial charge in [0.05, 0.1) is 37.4 Å². The number of aromatic nitrogens is 2. The summed E-state index contributed by atoms with van der Waals surface area (Å²) in [5, 5.41) is 45.5. The standard InChI is InChI=1S/C47H81N3O18P2/c1-4-6-15-21-34(51)25-26-36-38(52)29-39(53)37-22-17-13-14-18-23-42(54)63-30-35(66-43(55)24-19-12-10-8-7-9-11-16-20-33(3)5-2)31-64-69(59,60)68-70(61,62)65-32-40(45(57)44(36)56)67-46(37)50-28-27-41(48)49-47(50)58/h25-28,33-38,40,44-46,51-52,56-57H,4-24,29-32H2,1-3H3,(H,59,60)(H,61,62)(H2,48,49,58)/b26-25+/t33?,34-,35+,36-,37-,38+,40+,44-,45+,46+/m0/s1. The van der Waals surface area contributed by atoms with Crippen LogP contribution in [-0.4, -0.2) is 114 Å². The van der Waals surface area contributed by atoms with Crippen molar-refractivity contribution in [3.05, 3.63) is 34.9 Å². The Bertz CT molecular complexity index is 1900. The molecule has 0 spiro atoms. The molecule has 1 aromatic rings. The second-order valence-electron chi connectivity index (χ2n) is 18.7. The molecule has 8 N–H and O–H groups in total. The Morgan fingerprint density at radius 3 is 2.20 bits per heavy atom. The average molecular weight is 1040 g/mol. The number of nitrogens with two attached hydrogens (primary N) is 1. The second kappa shape index (κ2) is 32.3. The molecule has 0 radical (unpaired) electrons. The molecule has 3 heterocycles. The van der Waals surface area contributed by atoms with Crippen molar-refractivity contribution in [1.29, 1.82) is 0 Å². The number of fused-ring (bicyclic) bond motifs is 3. The van der Waals surface area contributed by atoms with Gasteiger partial charge in [-0.05, 0) is 37.7 Å². The molecular weight excluding hydrogens is 956 g/mol. The molecule has 21 nitrogen and oxygen atoms in total. The maximum Gasteiger partial charge on any atom is 0.481 e. The van der Waals surface area contributed by atoms with E-state index < -0.39 is 120 Å². The largest absolute Gasteiger partial charge is 0.481 e. The number of phosphoric ester groups is 2. The summed E-state index contributed by atoms with van der Waals surface area (Å²) in [4.78, 5) is 78.4. The fourth-order valence-corrected chi connectivity index (χ4v) is 10.5.